The van der Waals surface area contributed by atoms with Gasteiger partial charge in [0.05, 0.1) is 5.16 Å². The van der Waals surface area contributed by atoms with Crippen molar-refractivity contribution < 1.29 is 9.47 Å². The highest BCUT2D eigenvalue weighted by atomic mass is 127. The molecule has 0 N–H and O–H groups in total. The fourth-order valence-corrected chi connectivity index (χ4v) is 5.94. The standard InChI is InChI=1S/C36H51O2P.HI/c1-3-5-29-37-35(38-30-6-4-2)28-18-10-8-7-9-13-21-31-22-19-20-27-34(31)36(39,32-23-14-11-15-24-32)33-25-16-12-17-26-33;/h11-12,14-17,19-20,22-27,35H,3-10,13,18,21,28-30,39H2,1-2H3;1H. The lowest BCUT2D eigenvalue weighted by Gasteiger charge is -2.33. The van der Waals surface area contributed by atoms with Crippen LogP contribution in [0, 0.1) is 0 Å². The van der Waals surface area contributed by atoms with Crippen molar-refractivity contribution in [3.05, 3.63) is 107 Å². The minimum Gasteiger partial charge on any atom is -0.353 e. The Morgan fingerprint density at radius 1 is 0.600 bits per heavy atom. The first-order valence-electron chi connectivity index (χ1n) is 15.4. The monoisotopic (exact) mass is 674 g/mol. The molecule has 0 aliphatic heterocycles. The summed E-state index contributed by atoms with van der Waals surface area (Å²) in [6.45, 7) is 6.06. The molecule has 4 heteroatoms. The molecule has 0 aliphatic carbocycles. The summed E-state index contributed by atoms with van der Waals surface area (Å²) in [5.41, 5.74) is 5.47. The Morgan fingerprint density at radius 3 is 1.62 bits per heavy atom. The topological polar surface area (TPSA) is 18.5 Å². The Hall–Kier alpha value is -1.26. The van der Waals surface area contributed by atoms with Gasteiger partial charge < -0.3 is 9.47 Å². The maximum absolute atomic E-state index is 6.00. The quantitative estimate of drug-likeness (QED) is 0.0391. The third-order valence-electron chi connectivity index (χ3n) is 7.64. The van der Waals surface area contributed by atoms with Crippen LogP contribution in [0.15, 0.2) is 84.9 Å². The van der Waals surface area contributed by atoms with E-state index in [2.05, 4.69) is 108 Å². The summed E-state index contributed by atoms with van der Waals surface area (Å²) in [5, 5.41) is -0.256. The summed E-state index contributed by atoms with van der Waals surface area (Å²) in [6.07, 6.45) is 14.2. The van der Waals surface area contributed by atoms with Gasteiger partial charge in [0.2, 0.25) is 0 Å². The van der Waals surface area contributed by atoms with E-state index in [0.29, 0.717) is 0 Å². The van der Waals surface area contributed by atoms with Gasteiger partial charge in [-0.05, 0) is 60.8 Å². The summed E-state index contributed by atoms with van der Waals surface area (Å²) < 4.78 is 12.0. The van der Waals surface area contributed by atoms with Gasteiger partial charge in [0, 0.05) is 13.2 Å². The molecule has 0 saturated carbocycles. The van der Waals surface area contributed by atoms with Crippen LogP contribution in [-0.4, -0.2) is 19.5 Å². The molecule has 0 spiro atoms. The van der Waals surface area contributed by atoms with Crippen LogP contribution in [0.25, 0.3) is 0 Å². The van der Waals surface area contributed by atoms with Crippen LogP contribution in [0.3, 0.4) is 0 Å². The van der Waals surface area contributed by atoms with Crippen molar-refractivity contribution in [3.63, 3.8) is 0 Å². The summed E-state index contributed by atoms with van der Waals surface area (Å²) in [5.74, 6) is 0. The lowest BCUT2D eigenvalue weighted by molar-refractivity contribution is -0.147. The number of rotatable bonds is 20. The van der Waals surface area contributed by atoms with Crippen LogP contribution in [0.4, 0.5) is 0 Å². The summed E-state index contributed by atoms with van der Waals surface area (Å²) in [4.78, 5) is 0. The van der Waals surface area contributed by atoms with Crippen molar-refractivity contribution in [1.82, 2.24) is 0 Å². The Balaban J connectivity index is 0.00000560. The number of benzene rings is 3. The largest absolute Gasteiger partial charge is 0.353 e. The van der Waals surface area contributed by atoms with Crippen LogP contribution in [0.1, 0.15) is 107 Å². The molecule has 3 aromatic rings. The first-order chi connectivity index (χ1) is 19.2. The Morgan fingerprint density at radius 2 is 1.07 bits per heavy atom. The van der Waals surface area contributed by atoms with Gasteiger partial charge in [-0.1, -0.05) is 137 Å². The minimum atomic E-state index is -0.256. The number of hydrogen-bond donors (Lipinski definition) is 0. The zero-order chi connectivity index (χ0) is 27.6. The van der Waals surface area contributed by atoms with Crippen molar-refractivity contribution in [1.29, 1.82) is 0 Å². The predicted octanol–water partition coefficient (Wildman–Crippen LogP) is 10.7. The molecule has 0 amide bonds. The molecule has 1 atom stereocenters. The lowest BCUT2D eigenvalue weighted by Crippen LogP contribution is -2.23. The van der Waals surface area contributed by atoms with Crippen molar-refractivity contribution in [3.8, 4) is 0 Å². The molecule has 0 aromatic heterocycles. The highest BCUT2D eigenvalue weighted by Crippen LogP contribution is 2.46. The highest BCUT2D eigenvalue weighted by Gasteiger charge is 2.32. The average Bonchev–Trinajstić information content (AvgIpc) is 2.99. The van der Waals surface area contributed by atoms with Gasteiger partial charge in [0.1, 0.15) is 0 Å². The minimum absolute atomic E-state index is 0. The maximum atomic E-state index is 6.00. The Kier molecular flexibility index (Phi) is 18.0. The Labute approximate surface area is 264 Å². The van der Waals surface area contributed by atoms with E-state index in [1.54, 1.807) is 0 Å². The third-order valence-corrected chi connectivity index (χ3v) is 8.62. The molecule has 0 fully saturated rings. The van der Waals surface area contributed by atoms with E-state index >= 15 is 0 Å². The molecular weight excluding hydrogens is 622 g/mol. The van der Waals surface area contributed by atoms with E-state index < -0.39 is 0 Å². The van der Waals surface area contributed by atoms with Crippen LogP contribution in [0.2, 0.25) is 0 Å². The molecule has 3 aromatic carbocycles. The molecule has 0 heterocycles. The molecular formula is C36H52IO2P. The van der Waals surface area contributed by atoms with E-state index in [1.165, 1.54) is 73.6 Å². The van der Waals surface area contributed by atoms with Gasteiger partial charge in [-0.3, -0.25) is 0 Å². The molecule has 0 radical (unpaired) electrons. The zero-order valence-corrected chi connectivity index (χ0v) is 28.3. The third kappa shape index (κ3) is 11.2. The first kappa shape index (κ1) is 34.9. The summed E-state index contributed by atoms with van der Waals surface area (Å²) in [6, 6.07) is 30.9. The van der Waals surface area contributed by atoms with Gasteiger partial charge in [0.15, 0.2) is 6.29 Å². The number of hydrogen-bond acceptors (Lipinski definition) is 2. The average molecular weight is 675 g/mol. The van der Waals surface area contributed by atoms with E-state index in [1.807, 2.05) is 0 Å². The smallest absolute Gasteiger partial charge is 0.157 e. The molecule has 0 aliphatic rings. The van der Waals surface area contributed by atoms with Crippen LogP contribution in [0.5, 0.6) is 0 Å². The lowest BCUT2D eigenvalue weighted by atomic mass is 9.81. The van der Waals surface area contributed by atoms with Gasteiger partial charge in [-0.2, -0.15) is 0 Å². The molecule has 1 unspecified atom stereocenters. The number of halogens is 1. The normalized spacial score (nSPS) is 11.5. The fraction of sp³-hybridized carbons (Fsp3) is 0.500. The van der Waals surface area contributed by atoms with Crippen molar-refractivity contribution >= 4 is 33.2 Å². The molecule has 2 nitrogen and oxygen atoms in total. The van der Waals surface area contributed by atoms with Gasteiger partial charge in [-0.25, -0.2) is 0 Å². The van der Waals surface area contributed by atoms with Crippen LogP contribution >= 0.6 is 33.2 Å². The molecule has 3 rings (SSSR count). The van der Waals surface area contributed by atoms with Gasteiger partial charge >= 0.3 is 0 Å². The molecule has 0 saturated heterocycles. The predicted molar refractivity (Wildman–Crippen MR) is 186 cm³/mol. The van der Waals surface area contributed by atoms with E-state index in [-0.39, 0.29) is 35.4 Å². The second-order valence-electron chi connectivity index (χ2n) is 10.7. The highest BCUT2D eigenvalue weighted by molar-refractivity contribution is 14.0. The second-order valence-corrected chi connectivity index (χ2v) is 11.6. The first-order valence-corrected chi connectivity index (χ1v) is 16.0. The van der Waals surface area contributed by atoms with Gasteiger partial charge in [0.25, 0.3) is 0 Å². The summed E-state index contributed by atoms with van der Waals surface area (Å²) >= 11 is 0. The summed E-state index contributed by atoms with van der Waals surface area (Å²) in [7, 11) is 3.21. The Bertz CT molecular complexity index is 978. The maximum Gasteiger partial charge on any atom is 0.157 e. The van der Waals surface area contributed by atoms with E-state index in [0.717, 1.165) is 38.9 Å². The van der Waals surface area contributed by atoms with Crippen molar-refractivity contribution in [2.45, 2.75) is 102 Å². The van der Waals surface area contributed by atoms with Gasteiger partial charge in [-0.15, -0.1) is 33.2 Å². The van der Waals surface area contributed by atoms with E-state index in [9.17, 15) is 0 Å². The fourth-order valence-electron chi connectivity index (χ4n) is 5.27. The number of aryl methyl sites for hydroxylation is 1. The molecule has 0 bridgehead atoms. The van der Waals surface area contributed by atoms with Crippen molar-refractivity contribution in [2.24, 2.45) is 0 Å². The zero-order valence-electron chi connectivity index (χ0n) is 24.9. The number of unbranched alkanes of at least 4 members (excludes halogenated alkanes) is 7. The van der Waals surface area contributed by atoms with Crippen LogP contribution < -0.4 is 0 Å². The number of ether oxygens (including phenoxy) is 2. The van der Waals surface area contributed by atoms with Crippen molar-refractivity contribution in [2.75, 3.05) is 13.2 Å². The second kappa shape index (κ2) is 20.6. The van der Waals surface area contributed by atoms with E-state index in [4.69, 9.17) is 9.47 Å². The van der Waals surface area contributed by atoms with Crippen LogP contribution in [-0.2, 0) is 21.1 Å². The molecule has 220 valence electrons. The SMILES string of the molecule is CCCCOC(CCCCCCCCc1ccccc1C(P)(c1ccccc1)c1ccccc1)OCCCC.I. The molecule has 40 heavy (non-hydrogen) atoms.